The summed E-state index contributed by atoms with van der Waals surface area (Å²) in [4.78, 5) is 33.2. The van der Waals surface area contributed by atoms with E-state index in [9.17, 15) is 35.6 Å². The fraction of sp³-hybridized carbons (Fsp3) is 0.306. The number of fused-ring (bicyclic) bond motifs is 5. The van der Waals surface area contributed by atoms with Crippen molar-refractivity contribution in [3.63, 3.8) is 0 Å². The molecule has 0 bridgehead atoms. The molecule has 2 aliphatic carbocycles. The van der Waals surface area contributed by atoms with E-state index in [1.54, 1.807) is 0 Å². The number of halogens is 8. The number of carbonyl (C=O) groups is 1. The van der Waals surface area contributed by atoms with Crippen LogP contribution in [-0.2, 0) is 40.8 Å². The second kappa shape index (κ2) is 13.7. The molecule has 13 nitrogen and oxygen atoms in total. The topological polar surface area (TPSA) is 155 Å². The number of ether oxygens (including phenoxy) is 1. The standard InChI is InChI=1S/C36H28ClF7N8O5S/c1-50-30-24(5-4-20(37)27(30)33(48-50)49-58(3,55)56)52-34(46-22-11-17(57-2)10-21(40)28(22)35(52)54)23(8-14-6-15(38)9-16(39)7-14)45-25(53)13-51-31-26(29(47-51)32(41)42)18-12-19(18)36(31,43)44/h4-7,9-11,18-19,23,32H,8,12-13H2,1-3H3,(H,45,53)(H,48,49)/t18?,19-,23?/m1/s1. The third kappa shape index (κ3) is 6.58. The van der Waals surface area contributed by atoms with Crippen molar-refractivity contribution in [2.75, 3.05) is 18.1 Å². The molecule has 2 unspecified atom stereocenters. The zero-order valence-corrected chi connectivity index (χ0v) is 31.7. The highest BCUT2D eigenvalue weighted by molar-refractivity contribution is 7.92. The van der Waals surface area contributed by atoms with E-state index in [0.29, 0.717) is 10.7 Å². The van der Waals surface area contributed by atoms with Crippen LogP contribution in [-0.4, -0.2) is 56.8 Å². The van der Waals surface area contributed by atoms with Gasteiger partial charge in [0.2, 0.25) is 15.9 Å². The SMILES string of the molecule is COc1cc(F)c2c(=O)n(-c3ccc(Cl)c4c(NS(C)(=O)=O)nn(C)c34)c(C(Cc3cc(F)cc(F)c3)NC(=O)Cn3nc(C(F)F)c4c3C(F)(F)[C@@H]3CC43)nc2c1. The van der Waals surface area contributed by atoms with Gasteiger partial charge in [-0.05, 0) is 42.2 Å². The summed E-state index contributed by atoms with van der Waals surface area (Å²) in [6, 6.07) is 5.48. The van der Waals surface area contributed by atoms with Crippen LogP contribution in [0, 0.1) is 23.4 Å². The van der Waals surface area contributed by atoms with Crippen LogP contribution < -0.4 is 20.3 Å². The van der Waals surface area contributed by atoms with Crippen molar-refractivity contribution in [1.82, 2.24) is 34.4 Å². The van der Waals surface area contributed by atoms with Gasteiger partial charge >= 0.3 is 0 Å². The summed E-state index contributed by atoms with van der Waals surface area (Å²) in [6.07, 6.45) is -2.95. The van der Waals surface area contributed by atoms with Crippen LogP contribution in [0.5, 0.6) is 5.75 Å². The molecular formula is C36H28ClF7N8O5S. The van der Waals surface area contributed by atoms with Crippen molar-refractivity contribution in [3.05, 3.63) is 104 Å². The number of aromatic nitrogens is 6. The maximum Gasteiger partial charge on any atom is 0.293 e. The molecular weight excluding hydrogens is 825 g/mol. The second-order valence-corrected chi connectivity index (χ2v) is 16.2. The van der Waals surface area contributed by atoms with Gasteiger partial charge in [-0.1, -0.05) is 11.6 Å². The van der Waals surface area contributed by atoms with Gasteiger partial charge in [-0.2, -0.15) is 19.0 Å². The number of rotatable bonds is 11. The molecule has 3 aromatic heterocycles. The van der Waals surface area contributed by atoms with Gasteiger partial charge in [-0.3, -0.25) is 28.2 Å². The minimum Gasteiger partial charge on any atom is -0.497 e. The minimum atomic E-state index is -3.95. The van der Waals surface area contributed by atoms with Gasteiger partial charge in [-0.15, -0.1) is 0 Å². The summed E-state index contributed by atoms with van der Waals surface area (Å²) in [6.45, 7) is -1.04. The lowest BCUT2D eigenvalue weighted by Crippen LogP contribution is -2.38. The van der Waals surface area contributed by atoms with Crippen LogP contribution in [0.1, 0.15) is 53.1 Å². The summed E-state index contributed by atoms with van der Waals surface area (Å²) >= 11 is 6.53. The molecule has 58 heavy (non-hydrogen) atoms. The molecule has 0 radical (unpaired) electrons. The molecule has 0 aliphatic heterocycles. The first-order valence-electron chi connectivity index (χ1n) is 17.2. The Morgan fingerprint density at radius 1 is 1.07 bits per heavy atom. The molecule has 3 aromatic carbocycles. The lowest BCUT2D eigenvalue weighted by atomic mass is 10.0. The van der Waals surface area contributed by atoms with E-state index in [1.165, 1.54) is 32.4 Å². The number of sulfonamides is 1. The molecule has 0 spiro atoms. The van der Waals surface area contributed by atoms with Crippen LogP contribution in [0.2, 0.25) is 5.02 Å². The minimum absolute atomic E-state index is 0.00799. The van der Waals surface area contributed by atoms with Crippen LogP contribution in [0.3, 0.4) is 0 Å². The summed E-state index contributed by atoms with van der Waals surface area (Å²) in [5.41, 5.74) is -3.69. The fourth-order valence-electron chi connectivity index (χ4n) is 7.75. The first kappa shape index (κ1) is 39.1. The normalized spacial score (nSPS) is 17.4. The molecule has 0 saturated heterocycles. The molecule has 2 N–H and O–H groups in total. The third-order valence-electron chi connectivity index (χ3n) is 10.1. The molecule has 2 aliphatic rings. The molecule has 1 saturated carbocycles. The van der Waals surface area contributed by atoms with Gasteiger partial charge in [0.25, 0.3) is 17.9 Å². The van der Waals surface area contributed by atoms with Crippen molar-refractivity contribution in [3.8, 4) is 11.4 Å². The van der Waals surface area contributed by atoms with Gasteiger partial charge in [0, 0.05) is 43.1 Å². The number of nitrogens with zero attached hydrogens (tertiary/aromatic N) is 6. The Morgan fingerprint density at radius 2 is 1.78 bits per heavy atom. The van der Waals surface area contributed by atoms with Gasteiger partial charge in [-0.25, -0.2) is 35.4 Å². The summed E-state index contributed by atoms with van der Waals surface area (Å²) < 4.78 is 138. The van der Waals surface area contributed by atoms with Crippen molar-refractivity contribution in [1.29, 1.82) is 0 Å². The van der Waals surface area contributed by atoms with Crippen molar-refractivity contribution >= 4 is 55.2 Å². The Hall–Kier alpha value is -5.70. The van der Waals surface area contributed by atoms with Gasteiger partial charge in [0.05, 0.1) is 46.5 Å². The number of anilines is 1. The summed E-state index contributed by atoms with van der Waals surface area (Å²) in [7, 11) is -1.35. The van der Waals surface area contributed by atoms with Crippen LogP contribution >= 0.6 is 11.6 Å². The lowest BCUT2D eigenvalue weighted by molar-refractivity contribution is -0.123. The van der Waals surface area contributed by atoms with E-state index in [2.05, 4.69) is 25.2 Å². The number of benzene rings is 3. The van der Waals surface area contributed by atoms with Gasteiger partial charge < -0.3 is 10.1 Å². The third-order valence-corrected chi connectivity index (χ3v) is 10.9. The maximum absolute atomic E-state index is 15.8. The fourth-order valence-corrected chi connectivity index (χ4v) is 8.49. The molecule has 8 rings (SSSR count). The largest absolute Gasteiger partial charge is 0.497 e. The Balaban J connectivity index is 1.35. The van der Waals surface area contributed by atoms with Crippen LogP contribution in [0.4, 0.5) is 36.6 Å². The molecule has 6 aromatic rings. The average molecular weight is 853 g/mol. The van der Waals surface area contributed by atoms with E-state index in [-0.39, 0.29) is 56.2 Å². The number of carbonyl (C=O) groups excluding carboxylic acids is 1. The molecule has 1 fully saturated rings. The summed E-state index contributed by atoms with van der Waals surface area (Å²) in [5, 5.41) is 9.80. The van der Waals surface area contributed by atoms with Crippen molar-refractivity contribution < 1.29 is 48.7 Å². The quantitative estimate of drug-likeness (QED) is 0.147. The highest BCUT2D eigenvalue weighted by Crippen LogP contribution is 2.68. The van der Waals surface area contributed by atoms with E-state index in [4.69, 9.17) is 16.3 Å². The second-order valence-electron chi connectivity index (χ2n) is 14.0. The molecule has 3 atom stereocenters. The number of aryl methyl sites for hydroxylation is 1. The summed E-state index contributed by atoms with van der Waals surface area (Å²) in [5.74, 6) is -10.7. The first-order valence-corrected chi connectivity index (χ1v) is 19.5. The zero-order chi connectivity index (χ0) is 41.7. The highest BCUT2D eigenvalue weighted by Gasteiger charge is 2.67. The maximum atomic E-state index is 15.8. The Morgan fingerprint density at radius 3 is 2.43 bits per heavy atom. The number of methoxy groups -OCH3 is 1. The van der Waals surface area contributed by atoms with Gasteiger partial charge in [0.15, 0.2) is 5.82 Å². The predicted molar refractivity (Wildman–Crippen MR) is 194 cm³/mol. The van der Waals surface area contributed by atoms with E-state index < -0.39 is 105 Å². The van der Waals surface area contributed by atoms with E-state index in [1.807, 2.05) is 0 Å². The number of hydrogen-bond acceptors (Lipinski definition) is 8. The lowest BCUT2D eigenvalue weighted by Gasteiger charge is -2.24. The molecule has 304 valence electrons. The number of amides is 1. The van der Waals surface area contributed by atoms with E-state index in [0.717, 1.165) is 33.7 Å². The first-order chi connectivity index (χ1) is 27.3. The smallest absolute Gasteiger partial charge is 0.293 e. The van der Waals surface area contributed by atoms with Crippen molar-refractivity contribution in [2.45, 2.75) is 43.7 Å². The molecule has 22 heteroatoms. The number of hydrogen-bond donors (Lipinski definition) is 2. The van der Waals surface area contributed by atoms with E-state index >= 15 is 13.2 Å². The average Bonchev–Trinajstić information content (AvgIpc) is 3.66. The number of alkyl halides is 4. The highest BCUT2D eigenvalue weighted by atomic mass is 35.5. The Labute approximate surface area is 327 Å². The van der Waals surface area contributed by atoms with Crippen LogP contribution in [0.25, 0.3) is 27.5 Å². The van der Waals surface area contributed by atoms with Crippen LogP contribution in [0.15, 0.2) is 47.3 Å². The zero-order valence-electron chi connectivity index (χ0n) is 30.1. The monoisotopic (exact) mass is 852 g/mol. The van der Waals surface area contributed by atoms with Crippen molar-refractivity contribution in [2.24, 2.45) is 13.0 Å². The Kier molecular flexibility index (Phi) is 9.25. The van der Waals surface area contributed by atoms with Gasteiger partial charge in [0.1, 0.15) is 52.3 Å². The number of nitrogens with one attached hydrogen (secondary N) is 2. The molecule has 3 heterocycles. The Bertz CT molecular complexity index is 2880. The predicted octanol–water partition coefficient (Wildman–Crippen LogP) is 6.17. The molecule has 1 amide bonds.